The monoisotopic (exact) mass is 289 g/mol. The van der Waals surface area contributed by atoms with E-state index in [1.165, 1.54) is 4.90 Å². The van der Waals surface area contributed by atoms with Crippen LogP contribution in [0.4, 0.5) is 0 Å². The quantitative estimate of drug-likeness (QED) is 0.940. The Labute approximate surface area is 123 Å². The molecule has 20 heavy (non-hydrogen) atoms. The third kappa shape index (κ3) is 3.59. The molecule has 2 rings (SSSR count). The molecule has 1 atom stereocenters. The molecule has 0 aliphatic heterocycles. The van der Waals surface area contributed by atoms with Crippen molar-refractivity contribution in [2.24, 2.45) is 0 Å². The largest absolute Gasteiger partial charge is 0.378 e. The van der Waals surface area contributed by atoms with Crippen LogP contribution in [0.15, 0.2) is 54.6 Å². The fraction of sp³-hybridized carbons (Fsp3) is 0.188. The van der Waals surface area contributed by atoms with Gasteiger partial charge in [0, 0.05) is 18.6 Å². The molecule has 0 bridgehead atoms. The minimum absolute atomic E-state index is 0.328. The van der Waals surface area contributed by atoms with Gasteiger partial charge in [-0.1, -0.05) is 54.1 Å². The molecular weight excluding hydrogens is 274 g/mol. The van der Waals surface area contributed by atoms with E-state index >= 15 is 0 Å². The van der Waals surface area contributed by atoms with Crippen molar-refractivity contribution < 1.29 is 9.90 Å². The maximum absolute atomic E-state index is 12.2. The van der Waals surface area contributed by atoms with E-state index in [1.54, 1.807) is 43.4 Å². The number of benzene rings is 2. The number of halogens is 1. The summed E-state index contributed by atoms with van der Waals surface area (Å²) in [5.74, 6) is -0.328. The van der Waals surface area contributed by atoms with Crippen molar-refractivity contribution in [2.75, 3.05) is 7.05 Å². The van der Waals surface area contributed by atoms with Crippen LogP contribution in [-0.2, 0) is 11.3 Å². The zero-order chi connectivity index (χ0) is 14.5. The Bertz CT molecular complexity index is 569. The molecule has 0 fully saturated rings. The summed E-state index contributed by atoms with van der Waals surface area (Å²) in [5.41, 5.74) is 1.56. The average Bonchev–Trinajstić information content (AvgIpc) is 2.49. The minimum Gasteiger partial charge on any atom is -0.378 e. The Hall–Kier alpha value is -1.84. The van der Waals surface area contributed by atoms with Crippen molar-refractivity contribution in [1.29, 1.82) is 0 Å². The summed E-state index contributed by atoms with van der Waals surface area (Å²) in [6, 6.07) is 16.2. The lowest BCUT2D eigenvalue weighted by molar-refractivity contribution is -0.139. The fourth-order valence-electron chi connectivity index (χ4n) is 1.93. The Balaban J connectivity index is 2.03. The molecule has 0 aliphatic carbocycles. The van der Waals surface area contributed by atoms with Crippen molar-refractivity contribution in [3.05, 3.63) is 70.7 Å². The van der Waals surface area contributed by atoms with Gasteiger partial charge in [-0.2, -0.15) is 0 Å². The van der Waals surface area contributed by atoms with Gasteiger partial charge in [-0.05, 0) is 23.3 Å². The number of carbonyl (C=O) groups excluding carboxylic acids is 1. The van der Waals surface area contributed by atoms with Crippen LogP contribution in [-0.4, -0.2) is 23.0 Å². The highest BCUT2D eigenvalue weighted by Gasteiger charge is 2.20. The topological polar surface area (TPSA) is 40.5 Å². The van der Waals surface area contributed by atoms with E-state index in [0.29, 0.717) is 17.1 Å². The molecule has 1 N–H and O–H groups in total. The zero-order valence-corrected chi connectivity index (χ0v) is 11.9. The van der Waals surface area contributed by atoms with E-state index < -0.39 is 6.10 Å². The first kappa shape index (κ1) is 14.6. The van der Waals surface area contributed by atoms with Gasteiger partial charge in [-0.15, -0.1) is 0 Å². The van der Waals surface area contributed by atoms with E-state index in [1.807, 2.05) is 18.2 Å². The lowest BCUT2D eigenvalue weighted by Gasteiger charge is -2.21. The Morgan fingerprint density at radius 3 is 2.35 bits per heavy atom. The number of rotatable bonds is 4. The summed E-state index contributed by atoms with van der Waals surface area (Å²) >= 11 is 5.82. The number of aliphatic hydroxyl groups is 1. The lowest BCUT2D eigenvalue weighted by atomic mass is 10.1. The third-order valence-corrected chi connectivity index (χ3v) is 3.31. The Morgan fingerprint density at radius 2 is 1.75 bits per heavy atom. The standard InChI is InChI=1S/C16H16ClNO2/c1-18(11-12-7-9-14(17)10-8-12)16(20)15(19)13-5-3-2-4-6-13/h2-10,15,19H,11H2,1H3. The SMILES string of the molecule is CN(Cc1ccc(Cl)cc1)C(=O)C(O)c1ccccc1. The number of likely N-dealkylation sites (N-methyl/N-ethyl adjacent to an activating group) is 1. The average molecular weight is 290 g/mol. The maximum atomic E-state index is 12.2. The maximum Gasteiger partial charge on any atom is 0.256 e. The van der Waals surface area contributed by atoms with Crippen LogP contribution in [0, 0.1) is 0 Å². The number of aliphatic hydroxyl groups excluding tert-OH is 1. The number of hydrogen-bond donors (Lipinski definition) is 1. The van der Waals surface area contributed by atoms with Crippen LogP contribution >= 0.6 is 11.6 Å². The Morgan fingerprint density at radius 1 is 1.15 bits per heavy atom. The van der Waals surface area contributed by atoms with Crippen LogP contribution in [0.25, 0.3) is 0 Å². The predicted octanol–water partition coefficient (Wildman–Crippen LogP) is 3.03. The van der Waals surface area contributed by atoms with Gasteiger partial charge in [0.15, 0.2) is 6.10 Å². The highest BCUT2D eigenvalue weighted by molar-refractivity contribution is 6.30. The summed E-state index contributed by atoms with van der Waals surface area (Å²) in [6.07, 6.45) is -1.13. The van der Waals surface area contributed by atoms with Crippen LogP contribution < -0.4 is 0 Å². The molecule has 0 aliphatic rings. The first-order chi connectivity index (χ1) is 9.58. The number of nitrogens with zero attached hydrogens (tertiary/aromatic N) is 1. The van der Waals surface area contributed by atoms with Crippen molar-refractivity contribution in [1.82, 2.24) is 4.90 Å². The van der Waals surface area contributed by atoms with E-state index in [9.17, 15) is 9.90 Å². The van der Waals surface area contributed by atoms with Gasteiger partial charge < -0.3 is 10.0 Å². The van der Waals surface area contributed by atoms with E-state index in [4.69, 9.17) is 11.6 Å². The van der Waals surface area contributed by atoms with Crippen LogP contribution in [0.1, 0.15) is 17.2 Å². The second-order valence-corrected chi connectivity index (χ2v) is 5.07. The fourth-order valence-corrected chi connectivity index (χ4v) is 2.05. The van der Waals surface area contributed by atoms with Crippen LogP contribution in [0.3, 0.4) is 0 Å². The molecule has 0 saturated carbocycles. The molecule has 2 aromatic rings. The molecule has 0 saturated heterocycles. The predicted molar refractivity (Wildman–Crippen MR) is 79.3 cm³/mol. The van der Waals surface area contributed by atoms with Gasteiger partial charge in [0.05, 0.1) is 0 Å². The van der Waals surface area contributed by atoms with Gasteiger partial charge in [0.2, 0.25) is 0 Å². The van der Waals surface area contributed by atoms with E-state index in [-0.39, 0.29) is 5.91 Å². The summed E-state index contributed by atoms with van der Waals surface area (Å²) in [7, 11) is 1.67. The van der Waals surface area contributed by atoms with Crippen molar-refractivity contribution >= 4 is 17.5 Å². The molecule has 2 aromatic carbocycles. The molecule has 3 nitrogen and oxygen atoms in total. The van der Waals surface area contributed by atoms with E-state index in [2.05, 4.69) is 0 Å². The minimum atomic E-state index is -1.13. The zero-order valence-electron chi connectivity index (χ0n) is 11.2. The van der Waals surface area contributed by atoms with Crippen LogP contribution in [0.5, 0.6) is 0 Å². The first-order valence-corrected chi connectivity index (χ1v) is 6.68. The van der Waals surface area contributed by atoms with Gasteiger partial charge >= 0.3 is 0 Å². The molecule has 0 heterocycles. The molecular formula is C16H16ClNO2. The summed E-state index contributed by atoms with van der Waals surface area (Å²) in [6.45, 7) is 0.430. The first-order valence-electron chi connectivity index (χ1n) is 6.30. The Kier molecular flexibility index (Phi) is 4.77. The van der Waals surface area contributed by atoms with Crippen LogP contribution in [0.2, 0.25) is 5.02 Å². The summed E-state index contributed by atoms with van der Waals surface area (Å²) in [4.78, 5) is 13.7. The van der Waals surface area contributed by atoms with Gasteiger partial charge in [0.25, 0.3) is 5.91 Å². The molecule has 4 heteroatoms. The summed E-state index contributed by atoms with van der Waals surface area (Å²) < 4.78 is 0. The second kappa shape index (κ2) is 6.55. The normalized spacial score (nSPS) is 11.9. The van der Waals surface area contributed by atoms with E-state index in [0.717, 1.165) is 5.56 Å². The molecule has 0 aromatic heterocycles. The molecule has 0 spiro atoms. The molecule has 1 unspecified atom stereocenters. The van der Waals surface area contributed by atoms with Gasteiger partial charge in [-0.3, -0.25) is 4.79 Å². The lowest BCUT2D eigenvalue weighted by Crippen LogP contribution is -2.31. The summed E-state index contributed by atoms with van der Waals surface area (Å²) in [5, 5.41) is 10.7. The molecule has 0 radical (unpaired) electrons. The highest BCUT2D eigenvalue weighted by Crippen LogP contribution is 2.17. The number of amides is 1. The van der Waals surface area contributed by atoms with Gasteiger partial charge in [-0.25, -0.2) is 0 Å². The van der Waals surface area contributed by atoms with Crippen molar-refractivity contribution in [3.8, 4) is 0 Å². The highest BCUT2D eigenvalue weighted by atomic mass is 35.5. The molecule has 104 valence electrons. The number of carbonyl (C=O) groups is 1. The van der Waals surface area contributed by atoms with Gasteiger partial charge in [0.1, 0.15) is 0 Å². The van der Waals surface area contributed by atoms with Crippen molar-refractivity contribution in [3.63, 3.8) is 0 Å². The number of hydrogen-bond acceptors (Lipinski definition) is 2. The second-order valence-electron chi connectivity index (χ2n) is 4.63. The third-order valence-electron chi connectivity index (χ3n) is 3.06. The van der Waals surface area contributed by atoms with Crippen molar-refractivity contribution in [2.45, 2.75) is 12.6 Å². The smallest absolute Gasteiger partial charge is 0.256 e. The molecule has 1 amide bonds.